The van der Waals surface area contributed by atoms with Gasteiger partial charge in [-0.1, -0.05) is 23.4 Å². The van der Waals surface area contributed by atoms with Gasteiger partial charge in [0.25, 0.3) is 15.9 Å². The van der Waals surface area contributed by atoms with Crippen LogP contribution in [0, 0.1) is 6.92 Å². The van der Waals surface area contributed by atoms with Gasteiger partial charge >= 0.3 is 7.12 Å². The Kier molecular flexibility index (Phi) is 4.79. The Morgan fingerprint density at radius 2 is 1.61 bits per heavy atom. The molecule has 1 aliphatic heterocycles. The van der Waals surface area contributed by atoms with E-state index in [1.165, 1.54) is 6.20 Å². The van der Waals surface area contributed by atoms with E-state index in [0.29, 0.717) is 22.4 Å². The van der Waals surface area contributed by atoms with E-state index >= 15 is 0 Å². The summed E-state index contributed by atoms with van der Waals surface area (Å²) in [6.45, 7) is 9.48. The van der Waals surface area contributed by atoms with E-state index < -0.39 is 28.3 Å². The molecule has 11 heteroatoms. The maximum absolute atomic E-state index is 13.6. The molecule has 1 fully saturated rings. The van der Waals surface area contributed by atoms with Crippen LogP contribution in [0.5, 0.6) is 0 Å². The van der Waals surface area contributed by atoms with Gasteiger partial charge in [0, 0.05) is 17.0 Å². The number of aromatic nitrogens is 4. The van der Waals surface area contributed by atoms with Crippen LogP contribution in [-0.2, 0) is 19.3 Å². The predicted molar refractivity (Wildman–Crippen MR) is 123 cm³/mol. The van der Waals surface area contributed by atoms with E-state index in [1.807, 2.05) is 27.7 Å². The van der Waals surface area contributed by atoms with Gasteiger partial charge in [0.1, 0.15) is 5.69 Å². The summed E-state index contributed by atoms with van der Waals surface area (Å²) in [6.07, 6.45) is 1.52. The third-order valence-electron chi connectivity index (χ3n) is 6.21. The standard InChI is InChI=1S/C22H23BN4O5S/c1-14-24-20(30-26-14)18-12-11-16-17(23-31-21(2,3)22(4,5)32-23)13-27(19(16)25-18)33(28,29)15-9-7-6-8-10-15/h6-13H,1-5H3. The maximum Gasteiger partial charge on any atom is 0.497 e. The molecular weight excluding hydrogens is 443 g/mol. The molecule has 1 aromatic carbocycles. The van der Waals surface area contributed by atoms with Gasteiger partial charge in [0.2, 0.25) is 0 Å². The minimum absolute atomic E-state index is 0.142. The summed E-state index contributed by atoms with van der Waals surface area (Å²) in [5, 5.41) is 4.39. The monoisotopic (exact) mass is 466 g/mol. The highest BCUT2D eigenvalue weighted by atomic mass is 32.2. The molecule has 0 unspecified atom stereocenters. The summed E-state index contributed by atoms with van der Waals surface area (Å²) in [5.74, 6) is 0.661. The fraction of sp³-hybridized carbons (Fsp3) is 0.318. The Morgan fingerprint density at radius 3 is 2.21 bits per heavy atom. The average molecular weight is 466 g/mol. The first-order valence-electron chi connectivity index (χ1n) is 10.5. The molecule has 9 nitrogen and oxygen atoms in total. The molecule has 1 saturated heterocycles. The molecule has 0 bridgehead atoms. The number of fused-ring (bicyclic) bond motifs is 1. The van der Waals surface area contributed by atoms with Crippen LogP contribution in [0.25, 0.3) is 22.6 Å². The number of benzene rings is 1. The Morgan fingerprint density at radius 1 is 0.939 bits per heavy atom. The first-order chi connectivity index (χ1) is 15.5. The van der Waals surface area contributed by atoms with Gasteiger partial charge in [0.15, 0.2) is 11.5 Å². The Bertz CT molecular complexity index is 1440. The van der Waals surface area contributed by atoms with Gasteiger partial charge in [-0.3, -0.25) is 0 Å². The first kappa shape index (κ1) is 21.8. The molecule has 33 heavy (non-hydrogen) atoms. The molecule has 4 heterocycles. The zero-order valence-corrected chi connectivity index (χ0v) is 19.8. The molecule has 0 N–H and O–H groups in total. The molecule has 1 aliphatic rings. The number of pyridine rings is 1. The van der Waals surface area contributed by atoms with E-state index in [-0.39, 0.29) is 16.4 Å². The lowest BCUT2D eigenvalue weighted by Crippen LogP contribution is -2.41. The molecule has 0 radical (unpaired) electrons. The number of aryl methyl sites for hydroxylation is 1. The zero-order valence-electron chi connectivity index (χ0n) is 18.9. The fourth-order valence-electron chi connectivity index (χ4n) is 3.67. The van der Waals surface area contributed by atoms with Crippen molar-refractivity contribution in [2.75, 3.05) is 0 Å². The summed E-state index contributed by atoms with van der Waals surface area (Å²) in [5.41, 5.74) is -0.00928. The highest BCUT2D eigenvalue weighted by molar-refractivity contribution is 7.90. The van der Waals surface area contributed by atoms with E-state index in [9.17, 15) is 8.42 Å². The quantitative estimate of drug-likeness (QED) is 0.423. The first-order valence-corrected chi connectivity index (χ1v) is 11.9. The minimum atomic E-state index is -3.95. The van der Waals surface area contributed by atoms with Crippen molar-refractivity contribution in [2.24, 2.45) is 0 Å². The van der Waals surface area contributed by atoms with Crippen LogP contribution in [0.3, 0.4) is 0 Å². The molecule has 0 atom stereocenters. The van der Waals surface area contributed by atoms with Crippen molar-refractivity contribution in [1.29, 1.82) is 0 Å². The number of nitrogens with zero attached hydrogens (tertiary/aromatic N) is 4. The van der Waals surface area contributed by atoms with Crippen LogP contribution >= 0.6 is 0 Å². The summed E-state index contributed by atoms with van der Waals surface area (Å²) in [6, 6.07) is 11.7. The SMILES string of the molecule is Cc1noc(-c2ccc3c(B4OC(C)(C)C(C)(C)O4)cn(S(=O)(=O)c4ccccc4)c3n2)n1. The molecule has 5 rings (SSSR count). The second-order valence-corrected chi connectivity index (χ2v) is 10.8. The molecular formula is C22H23BN4O5S. The summed E-state index contributed by atoms with van der Waals surface area (Å²) < 4.78 is 46.0. The van der Waals surface area contributed by atoms with Crippen molar-refractivity contribution >= 4 is 33.6 Å². The minimum Gasteiger partial charge on any atom is -0.399 e. The van der Waals surface area contributed by atoms with Gasteiger partial charge in [-0.15, -0.1) is 0 Å². The molecule has 4 aromatic rings. The van der Waals surface area contributed by atoms with Crippen molar-refractivity contribution in [3.8, 4) is 11.6 Å². The van der Waals surface area contributed by atoms with Gasteiger partial charge < -0.3 is 13.8 Å². The van der Waals surface area contributed by atoms with E-state index in [4.69, 9.17) is 13.8 Å². The van der Waals surface area contributed by atoms with Crippen molar-refractivity contribution < 1.29 is 22.2 Å². The lowest BCUT2D eigenvalue weighted by atomic mass is 9.79. The van der Waals surface area contributed by atoms with Crippen molar-refractivity contribution in [1.82, 2.24) is 19.1 Å². The van der Waals surface area contributed by atoms with Crippen LogP contribution in [0.1, 0.15) is 33.5 Å². The lowest BCUT2D eigenvalue weighted by Gasteiger charge is -2.32. The van der Waals surface area contributed by atoms with Crippen molar-refractivity contribution in [3.63, 3.8) is 0 Å². The smallest absolute Gasteiger partial charge is 0.399 e. The Labute approximate surface area is 191 Å². The predicted octanol–water partition coefficient (Wildman–Crippen LogP) is 2.93. The number of rotatable bonds is 4. The highest BCUT2D eigenvalue weighted by Gasteiger charge is 2.52. The largest absolute Gasteiger partial charge is 0.497 e. The zero-order chi connectivity index (χ0) is 23.6. The number of hydrogen-bond donors (Lipinski definition) is 0. The van der Waals surface area contributed by atoms with Crippen LogP contribution in [0.2, 0.25) is 0 Å². The van der Waals surface area contributed by atoms with Gasteiger partial charge in [0.05, 0.1) is 16.1 Å². The molecule has 170 valence electrons. The Balaban J connectivity index is 1.73. The van der Waals surface area contributed by atoms with E-state index in [0.717, 1.165) is 3.97 Å². The fourth-order valence-corrected chi connectivity index (χ4v) is 5.01. The second kappa shape index (κ2) is 7.24. The molecule has 3 aromatic heterocycles. The van der Waals surface area contributed by atoms with Crippen molar-refractivity contribution in [2.45, 2.75) is 50.7 Å². The topological polar surface area (TPSA) is 109 Å². The second-order valence-electron chi connectivity index (χ2n) is 9.00. The maximum atomic E-state index is 13.6. The lowest BCUT2D eigenvalue weighted by molar-refractivity contribution is 0.00578. The molecule has 0 aliphatic carbocycles. The van der Waals surface area contributed by atoms with Crippen LogP contribution in [-0.4, -0.2) is 45.8 Å². The van der Waals surface area contributed by atoms with Crippen LogP contribution in [0.15, 0.2) is 58.1 Å². The normalized spacial score (nSPS) is 17.7. The van der Waals surface area contributed by atoms with Crippen LogP contribution in [0.4, 0.5) is 0 Å². The summed E-state index contributed by atoms with van der Waals surface area (Å²) in [4.78, 5) is 8.95. The molecule has 0 saturated carbocycles. The third kappa shape index (κ3) is 3.47. The summed E-state index contributed by atoms with van der Waals surface area (Å²) in [7, 11) is -4.71. The average Bonchev–Trinajstić information content (AvgIpc) is 3.42. The number of hydrogen-bond acceptors (Lipinski definition) is 8. The van der Waals surface area contributed by atoms with Gasteiger partial charge in [-0.2, -0.15) is 4.98 Å². The third-order valence-corrected chi connectivity index (χ3v) is 7.87. The van der Waals surface area contributed by atoms with Gasteiger partial charge in [-0.25, -0.2) is 17.4 Å². The van der Waals surface area contributed by atoms with Crippen molar-refractivity contribution in [3.05, 3.63) is 54.5 Å². The molecule has 0 spiro atoms. The van der Waals surface area contributed by atoms with Crippen LogP contribution < -0.4 is 5.46 Å². The van der Waals surface area contributed by atoms with E-state index in [2.05, 4.69) is 15.1 Å². The Hall–Kier alpha value is -3.02. The molecule has 0 amide bonds. The van der Waals surface area contributed by atoms with E-state index in [1.54, 1.807) is 49.4 Å². The highest BCUT2D eigenvalue weighted by Crippen LogP contribution is 2.37. The van der Waals surface area contributed by atoms with Gasteiger partial charge in [-0.05, 0) is 58.9 Å². The summed E-state index contributed by atoms with van der Waals surface area (Å²) >= 11 is 0.